The van der Waals surface area contributed by atoms with Gasteiger partial charge in [-0.2, -0.15) is 5.10 Å². The van der Waals surface area contributed by atoms with E-state index in [-0.39, 0.29) is 17.8 Å². The lowest BCUT2D eigenvalue weighted by Gasteiger charge is -2.07. The number of nitrogens with one attached hydrogen (secondary N) is 1. The molecule has 0 radical (unpaired) electrons. The monoisotopic (exact) mass is 397 g/mol. The highest BCUT2D eigenvalue weighted by molar-refractivity contribution is 9.10. The fourth-order valence-electron chi connectivity index (χ4n) is 2.06. The predicted octanol–water partition coefficient (Wildman–Crippen LogP) is 2.72. The number of hydrogen-bond acceptors (Lipinski definition) is 6. The maximum absolute atomic E-state index is 12.0. The molecule has 0 bridgehead atoms. The fourth-order valence-corrected chi connectivity index (χ4v) is 2.37. The summed E-state index contributed by atoms with van der Waals surface area (Å²) in [4.78, 5) is 32.6. The topological polar surface area (TPSA) is 133 Å². The fraction of sp³-hybridized carbons (Fsp3) is 0.231. The summed E-state index contributed by atoms with van der Waals surface area (Å²) in [5.74, 6) is -0.516. The summed E-state index contributed by atoms with van der Waals surface area (Å²) in [6.45, 7) is 2.90. The first-order valence-electron chi connectivity index (χ1n) is 6.62. The molecule has 0 aliphatic rings. The van der Waals surface area contributed by atoms with Crippen LogP contribution in [0.15, 0.2) is 22.8 Å². The van der Waals surface area contributed by atoms with Gasteiger partial charge in [-0.3, -0.25) is 29.7 Å². The Labute approximate surface area is 143 Å². The second kappa shape index (κ2) is 6.74. The Morgan fingerprint density at radius 3 is 2.21 bits per heavy atom. The number of nitro groups is 2. The van der Waals surface area contributed by atoms with Gasteiger partial charge in [0.25, 0.3) is 11.4 Å². The van der Waals surface area contributed by atoms with Gasteiger partial charge in [0.05, 0.1) is 25.7 Å². The number of nitro benzene ring substituents is 2. The maximum Gasteiger partial charge on any atom is 0.281 e. The minimum atomic E-state index is -0.730. The van der Waals surface area contributed by atoms with E-state index in [1.807, 2.05) is 0 Å². The number of halogens is 1. The lowest BCUT2D eigenvalue weighted by Crippen LogP contribution is -2.19. The number of anilines is 1. The molecule has 0 aliphatic heterocycles. The molecule has 11 heteroatoms. The molecule has 24 heavy (non-hydrogen) atoms. The number of aryl methyl sites for hydroxylation is 1. The zero-order chi connectivity index (χ0) is 18.0. The molecule has 10 nitrogen and oxygen atoms in total. The van der Waals surface area contributed by atoms with Gasteiger partial charge in [-0.15, -0.1) is 0 Å². The molecule has 0 saturated carbocycles. The van der Waals surface area contributed by atoms with Gasteiger partial charge in [0.1, 0.15) is 12.1 Å². The minimum absolute atomic E-state index is 0.0213. The Balaban J connectivity index is 2.26. The molecule has 2 rings (SSSR count). The van der Waals surface area contributed by atoms with Crippen molar-refractivity contribution in [3.05, 3.63) is 54.3 Å². The third-order valence-corrected chi connectivity index (χ3v) is 4.00. The van der Waals surface area contributed by atoms with Crippen molar-refractivity contribution >= 4 is 38.9 Å². The van der Waals surface area contributed by atoms with Crippen molar-refractivity contribution < 1.29 is 14.6 Å². The Morgan fingerprint density at radius 2 is 1.79 bits per heavy atom. The summed E-state index contributed by atoms with van der Waals surface area (Å²) < 4.78 is 2.11. The molecular weight excluding hydrogens is 386 g/mol. The van der Waals surface area contributed by atoms with E-state index >= 15 is 0 Å². The molecule has 126 valence electrons. The number of carbonyl (C=O) groups is 1. The van der Waals surface area contributed by atoms with Crippen molar-refractivity contribution in [3.63, 3.8) is 0 Å². The zero-order valence-corrected chi connectivity index (χ0v) is 14.2. The first kappa shape index (κ1) is 17.5. The van der Waals surface area contributed by atoms with Gasteiger partial charge in [0, 0.05) is 18.3 Å². The van der Waals surface area contributed by atoms with E-state index in [0.29, 0.717) is 5.69 Å². The zero-order valence-electron chi connectivity index (χ0n) is 12.6. The third-order valence-electron chi connectivity index (χ3n) is 3.22. The number of rotatable bonds is 5. The van der Waals surface area contributed by atoms with Crippen LogP contribution in [0, 0.1) is 34.1 Å². The molecule has 1 aromatic carbocycles. The lowest BCUT2D eigenvalue weighted by atomic mass is 10.1. The number of benzene rings is 1. The van der Waals surface area contributed by atoms with Gasteiger partial charge in [-0.05, 0) is 29.8 Å². The first-order valence-corrected chi connectivity index (χ1v) is 7.41. The maximum atomic E-state index is 12.0. The van der Waals surface area contributed by atoms with E-state index in [2.05, 4.69) is 26.3 Å². The highest BCUT2D eigenvalue weighted by Gasteiger charge is 2.23. The van der Waals surface area contributed by atoms with Gasteiger partial charge in [-0.1, -0.05) is 0 Å². The van der Waals surface area contributed by atoms with Gasteiger partial charge in [0.15, 0.2) is 0 Å². The van der Waals surface area contributed by atoms with Gasteiger partial charge < -0.3 is 5.32 Å². The van der Waals surface area contributed by atoms with E-state index in [0.717, 1.165) is 16.6 Å². The number of hydrogen-bond donors (Lipinski definition) is 1. The van der Waals surface area contributed by atoms with E-state index in [1.54, 1.807) is 13.1 Å². The minimum Gasteiger partial charge on any atom is -0.324 e. The van der Waals surface area contributed by atoms with Crippen LogP contribution in [0.1, 0.15) is 11.3 Å². The third kappa shape index (κ3) is 3.74. The average Bonchev–Trinajstić information content (AvgIpc) is 2.78. The van der Waals surface area contributed by atoms with Crippen molar-refractivity contribution in [2.45, 2.75) is 20.4 Å². The molecule has 0 atom stereocenters. The van der Waals surface area contributed by atoms with Crippen LogP contribution in [-0.2, 0) is 11.3 Å². The van der Waals surface area contributed by atoms with Crippen molar-refractivity contribution in [3.8, 4) is 0 Å². The van der Waals surface area contributed by atoms with Crippen LogP contribution < -0.4 is 5.32 Å². The quantitative estimate of drug-likeness (QED) is 0.608. The normalized spacial score (nSPS) is 10.5. The Kier molecular flexibility index (Phi) is 4.93. The van der Waals surface area contributed by atoms with Crippen LogP contribution in [-0.4, -0.2) is 25.5 Å². The highest BCUT2D eigenvalue weighted by atomic mass is 79.9. The second-order valence-corrected chi connectivity index (χ2v) is 5.82. The number of aromatic nitrogens is 2. The summed E-state index contributed by atoms with van der Waals surface area (Å²) in [6.07, 6.45) is 1.61. The van der Waals surface area contributed by atoms with Crippen LogP contribution in [0.25, 0.3) is 0 Å². The van der Waals surface area contributed by atoms with Crippen LogP contribution in [0.2, 0.25) is 0 Å². The number of amides is 1. The van der Waals surface area contributed by atoms with Gasteiger partial charge in [-0.25, -0.2) is 0 Å². The van der Waals surface area contributed by atoms with Crippen LogP contribution in [0.5, 0.6) is 0 Å². The molecular formula is C13H12BrN5O5. The Morgan fingerprint density at radius 1 is 1.25 bits per heavy atom. The molecule has 0 aliphatic carbocycles. The summed E-state index contributed by atoms with van der Waals surface area (Å²) in [7, 11) is 0. The Bertz CT molecular complexity index is 793. The smallest absolute Gasteiger partial charge is 0.281 e. The average molecular weight is 398 g/mol. The molecule has 0 fully saturated rings. The Hall–Kier alpha value is -2.82. The van der Waals surface area contributed by atoms with Crippen LogP contribution in [0.4, 0.5) is 17.1 Å². The summed E-state index contributed by atoms with van der Waals surface area (Å²) in [5, 5.41) is 28.5. The van der Waals surface area contributed by atoms with Crippen molar-refractivity contribution in [1.82, 2.24) is 9.78 Å². The molecule has 0 unspecified atom stereocenters. The second-order valence-electron chi connectivity index (χ2n) is 4.96. The first-order chi connectivity index (χ1) is 11.2. The van der Waals surface area contributed by atoms with Crippen molar-refractivity contribution in [2.75, 3.05) is 5.32 Å². The van der Waals surface area contributed by atoms with E-state index < -0.39 is 27.1 Å². The SMILES string of the molecule is Cc1nn(CC(=O)Nc2cc([N+](=O)[O-])c(C)c([N+](=O)[O-])c2)cc1Br. The summed E-state index contributed by atoms with van der Waals surface area (Å²) in [5.41, 5.74) is -0.264. The number of carbonyl (C=O) groups excluding carboxylic acids is 1. The van der Waals surface area contributed by atoms with E-state index in [9.17, 15) is 25.0 Å². The van der Waals surface area contributed by atoms with Crippen molar-refractivity contribution in [1.29, 1.82) is 0 Å². The molecule has 1 amide bonds. The summed E-state index contributed by atoms with van der Waals surface area (Å²) in [6, 6.07) is 2.18. The van der Waals surface area contributed by atoms with Crippen LogP contribution >= 0.6 is 15.9 Å². The van der Waals surface area contributed by atoms with Crippen LogP contribution in [0.3, 0.4) is 0 Å². The highest BCUT2D eigenvalue weighted by Crippen LogP contribution is 2.31. The largest absolute Gasteiger partial charge is 0.324 e. The predicted molar refractivity (Wildman–Crippen MR) is 87.8 cm³/mol. The van der Waals surface area contributed by atoms with Crippen molar-refractivity contribution in [2.24, 2.45) is 0 Å². The van der Waals surface area contributed by atoms with E-state index in [1.165, 1.54) is 11.6 Å². The van der Waals surface area contributed by atoms with Gasteiger partial charge in [0.2, 0.25) is 5.91 Å². The molecule has 1 N–H and O–H groups in total. The molecule has 0 saturated heterocycles. The molecule has 0 spiro atoms. The number of nitrogens with zero attached hydrogens (tertiary/aromatic N) is 4. The van der Waals surface area contributed by atoms with E-state index in [4.69, 9.17) is 0 Å². The lowest BCUT2D eigenvalue weighted by molar-refractivity contribution is -0.395. The molecule has 1 heterocycles. The van der Waals surface area contributed by atoms with Gasteiger partial charge >= 0.3 is 0 Å². The molecule has 1 aromatic heterocycles. The standard InChI is InChI=1S/C13H12BrN5O5/c1-7-11(18(21)22)3-9(4-12(7)19(23)24)15-13(20)6-17-5-10(14)8(2)16-17/h3-5H,6H2,1-2H3,(H,15,20). The molecule has 2 aromatic rings. The summed E-state index contributed by atoms with van der Waals surface area (Å²) >= 11 is 3.27.